The minimum absolute atomic E-state index is 0.143. The molecular formula is C9H16N2O3. The van der Waals surface area contributed by atoms with Gasteiger partial charge in [0, 0.05) is 27.2 Å². The number of amides is 1. The Morgan fingerprint density at radius 3 is 2.36 bits per heavy atom. The van der Waals surface area contributed by atoms with Crippen LogP contribution in [0.1, 0.15) is 13.8 Å². The van der Waals surface area contributed by atoms with Crippen LogP contribution in [0.5, 0.6) is 0 Å². The first kappa shape index (κ1) is 12.5. The SMILES string of the molecule is CCOC(=O)C(=CN(C)C)NC(C)=O. The molecule has 0 radical (unpaired) electrons. The van der Waals surface area contributed by atoms with E-state index >= 15 is 0 Å². The predicted octanol–water partition coefficient (Wildman–Crippen LogP) is 0.0886. The van der Waals surface area contributed by atoms with Gasteiger partial charge in [0.25, 0.3) is 0 Å². The molecule has 0 aliphatic rings. The first-order valence-corrected chi connectivity index (χ1v) is 4.30. The van der Waals surface area contributed by atoms with Gasteiger partial charge in [0.1, 0.15) is 5.70 Å². The van der Waals surface area contributed by atoms with E-state index in [0.29, 0.717) is 0 Å². The van der Waals surface area contributed by atoms with E-state index in [4.69, 9.17) is 4.74 Å². The largest absolute Gasteiger partial charge is 0.461 e. The van der Waals surface area contributed by atoms with Gasteiger partial charge in [-0.25, -0.2) is 4.79 Å². The van der Waals surface area contributed by atoms with Crippen molar-refractivity contribution in [2.45, 2.75) is 13.8 Å². The van der Waals surface area contributed by atoms with E-state index in [1.165, 1.54) is 13.1 Å². The van der Waals surface area contributed by atoms with Gasteiger partial charge in [0.05, 0.1) is 6.61 Å². The Kier molecular flexibility index (Phi) is 5.36. The van der Waals surface area contributed by atoms with Crippen molar-refractivity contribution in [1.29, 1.82) is 0 Å². The Morgan fingerprint density at radius 1 is 1.43 bits per heavy atom. The molecule has 14 heavy (non-hydrogen) atoms. The molecule has 80 valence electrons. The van der Waals surface area contributed by atoms with Gasteiger partial charge in [-0.2, -0.15) is 0 Å². The van der Waals surface area contributed by atoms with Crippen LogP contribution in [0.4, 0.5) is 0 Å². The molecule has 0 aliphatic heterocycles. The molecule has 0 saturated carbocycles. The normalized spacial score (nSPS) is 10.7. The van der Waals surface area contributed by atoms with E-state index in [1.807, 2.05) is 0 Å². The third-order valence-electron chi connectivity index (χ3n) is 1.19. The van der Waals surface area contributed by atoms with Crippen LogP contribution in [-0.2, 0) is 14.3 Å². The number of carbonyl (C=O) groups is 2. The maximum atomic E-state index is 11.3. The highest BCUT2D eigenvalue weighted by Gasteiger charge is 2.11. The number of hydrogen-bond donors (Lipinski definition) is 1. The fourth-order valence-electron chi connectivity index (χ4n) is 0.793. The maximum absolute atomic E-state index is 11.3. The minimum Gasteiger partial charge on any atom is -0.461 e. The predicted molar refractivity (Wildman–Crippen MR) is 52.2 cm³/mol. The molecule has 5 heteroatoms. The zero-order valence-electron chi connectivity index (χ0n) is 8.96. The Morgan fingerprint density at radius 2 is 2.00 bits per heavy atom. The topological polar surface area (TPSA) is 58.6 Å². The van der Waals surface area contributed by atoms with Crippen LogP contribution in [0.25, 0.3) is 0 Å². The molecule has 0 spiro atoms. The Balaban J connectivity index is 4.54. The highest BCUT2D eigenvalue weighted by Crippen LogP contribution is 1.95. The van der Waals surface area contributed by atoms with E-state index < -0.39 is 5.97 Å². The van der Waals surface area contributed by atoms with Gasteiger partial charge in [-0.05, 0) is 6.92 Å². The van der Waals surface area contributed by atoms with Crippen LogP contribution in [0.2, 0.25) is 0 Å². The van der Waals surface area contributed by atoms with E-state index in [9.17, 15) is 9.59 Å². The summed E-state index contributed by atoms with van der Waals surface area (Å²) in [5.74, 6) is -0.831. The number of rotatable bonds is 4. The molecule has 0 atom stereocenters. The van der Waals surface area contributed by atoms with Gasteiger partial charge < -0.3 is 15.0 Å². The third-order valence-corrected chi connectivity index (χ3v) is 1.19. The second kappa shape index (κ2) is 6.01. The van der Waals surface area contributed by atoms with Crippen molar-refractivity contribution >= 4 is 11.9 Å². The van der Waals surface area contributed by atoms with Gasteiger partial charge >= 0.3 is 5.97 Å². The lowest BCUT2D eigenvalue weighted by Gasteiger charge is -2.11. The molecule has 5 nitrogen and oxygen atoms in total. The van der Waals surface area contributed by atoms with E-state index in [0.717, 1.165) is 0 Å². The molecule has 0 bridgehead atoms. The lowest BCUT2D eigenvalue weighted by molar-refractivity contribution is -0.140. The summed E-state index contributed by atoms with van der Waals surface area (Å²) >= 11 is 0. The first-order valence-electron chi connectivity index (χ1n) is 4.30. The first-order chi connectivity index (χ1) is 6.47. The Hall–Kier alpha value is -1.52. The molecule has 0 aromatic carbocycles. The molecule has 0 aliphatic carbocycles. The number of nitrogens with zero attached hydrogens (tertiary/aromatic N) is 1. The fraction of sp³-hybridized carbons (Fsp3) is 0.556. The molecule has 1 N–H and O–H groups in total. The van der Waals surface area contributed by atoms with Crippen LogP contribution >= 0.6 is 0 Å². The molecule has 0 rings (SSSR count). The number of carbonyl (C=O) groups excluding carboxylic acids is 2. The maximum Gasteiger partial charge on any atom is 0.356 e. The van der Waals surface area contributed by atoms with Crippen molar-refractivity contribution in [3.8, 4) is 0 Å². The average Bonchev–Trinajstić information content (AvgIpc) is 2.01. The number of esters is 1. The number of nitrogens with one attached hydrogen (secondary N) is 1. The summed E-state index contributed by atoms with van der Waals surface area (Å²) in [4.78, 5) is 23.7. The molecule has 0 heterocycles. The Bertz CT molecular complexity index is 246. The molecule has 1 amide bonds. The molecule has 0 aromatic heterocycles. The molecule has 0 unspecified atom stereocenters. The summed E-state index contributed by atoms with van der Waals surface area (Å²) in [6.07, 6.45) is 1.50. The zero-order chi connectivity index (χ0) is 11.1. The zero-order valence-corrected chi connectivity index (χ0v) is 8.96. The van der Waals surface area contributed by atoms with Crippen LogP contribution in [-0.4, -0.2) is 37.5 Å². The summed E-state index contributed by atoms with van der Waals surface area (Å²) in [7, 11) is 3.50. The quantitative estimate of drug-likeness (QED) is 0.516. The molecule has 0 saturated heterocycles. The highest BCUT2D eigenvalue weighted by molar-refractivity contribution is 5.93. The minimum atomic E-state index is -0.531. The van der Waals surface area contributed by atoms with Crippen molar-refractivity contribution < 1.29 is 14.3 Å². The van der Waals surface area contributed by atoms with Gasteiger partial charge in [-0.1, -0.05) is 0 Å². The summed E-state index contributed by atoms with van der Waals surface area (Å²) < 4.78 is 4.76. The monoisotopic (exact) mass is 200 g/mol. The lowest BCUT2D eigenvalue weighted by atomic mass is 10.4. The van der Waals surface area contributed by atoms with Crippen LogP contribution in [0.3, 0.4) is 0 Å². The highest BCUT2D eigenvalue weighted by atomic mass is 16.5. The number of hydrogen-bond acceptors (Lipinski definition) is 4. The van der Waals surface area contributed by atoms with Gasteiger partial charge in [0.15, 0.2) is 0 Å². The third kappa shape index (κ3) is 5.18. The standard InChI is InChI=1S/C9H16N2O3/c1-5-14-9(13)8(6-11(3)4)10-7(2)12/h6H,5H2,1-4H3,(H,10,12). The molecule has 0 fully saturated rings. The average molecular weight is 200 g/mol. The van der Waals surface area contributed by atoms with Crippen molar-refractivity contribution in [2.24, 2.45) is 0 Å². The van der Waals surface area contributed by atoms with Crippen molar-refractivity contribution in [3.63, 3.8) is 0 Å². The second-order valence-electron chi connectivity index (χ2n) is 2.91. The fourth-order valence-corrected chi connectivity index (χ4v) is 0.793. The van der Waals surface area contributed by atoms with Gasteiger partial charge in [-0.3, -0.25) is 4.79 Å². The van der Waals surface area contributed by atoms with E-state index in [2.05, 4.69) is 5.32 Å². The summed E-state index contributed by atoms with van der Waals surface area (Å²) in [5.41, 5.74) is 0.143. The van der Waals surface area contributed by atoms with E-state index in [1.54, 1.807) is 25.9 Å². The molecule has 0 aromatic rings. The number of ether oxygens (including phenoxy) is 1. The van der Waals surface area contributed by atoms with Crippen molar-refractivity contribution in [3.05, 3.63) is 11.9 Å². The summed E-state index contributed by atoms with van der Waals surface area (Å²) in [6.45, 7) is 3.32. The second-order valence-corrected chi connectivity index (χ2v) is 2.91. The van der Waals surface area contributed by atoms with Gasteiger partial charge in [-0.15, -0.1) is 0 Å². The van der Waals surface area contributed by atoms with E-state index in [-0.39, 0.29) is 18.2 Å². The van der Waals surface area contributed by atoms with Crippen molar-refractivity contribution in [2.75, 3.05) is 20.7 Å². The summed E-state index contributed by atoms with van der Waals surface area (Å²) in [6, 6.07) is 0. The van der Waals surface area contributed by atoms with Crippen LogP contribution < -0.4 is 5.32 Å². The van der Waals surface area contributed by atoms with Crippen molar-refractivity contribution in [1.82, 2.24) is 10.2 Å². The summed E-state index contributed by atoms with van der Waals surface area (Å²) in [5, 5.41) is 2.40. The molecular weight excluding hydrogens is 184 g/mol. The van der Waals surface area contributed by atoms with Gasteiger partial charge in [0.2, 0.25) is 5.91 Å². The van der Waals surface area contributed by atoms with Crippen LogP contribution in [0.15, 0.2) is 11.9 Å². The lowest BCUT2D eigenvalue weighted by Crippen LogP contribution is -2.28. The smallest absolute Gasteiger partial charge is 0.356 e. The Labute approximate surface area is 83.7 Å². The van der Waals surface area contributed by atoms with Crippen LogP contribution in [0, 0.1) is 0 Å².